The van der Waals surface area contributed by atoms with Crippen molar-refractivity contribution in [3.63, 3.8) is 0 Å². The second-order valence-electron chi connectivity index (χ2n) is 11.0. The lowest BCUT2D eigenvalue weighted by atomic mass is 10.0. The number of hydrogen-bond donors (Lipinski definition) is 0. The Bertz CT molecular complexity index is 2710. The molecule has 9 aromatic rings. The van der Waals surface area contributed by atoms with Crippen LogP contribution in [-0.2, 0) is 0 Å². The predicted molar refractivity (Wildman–Crippen MR) is 186 cm³/mol. The quantitative estimate of drug-likeness (QED) is 0.201. The van der Waals surface area contributed by atoms with Gasteiger partial charge in [0.2, 0.25) is 0 Å². The largest absolute Gasteiger partial charge is 0.309 e. The van der Waals surface area contributed by atoms with Crippen molar-refractivity contribution in [2.24, 2.45) is 0 Å². The van der Waals surface area contributed by atoms with Gasteiger partial charge in [-0.15, -0.1) is 0 Å². The van der Waals surface area contributed by atoms with Crippen molar-refractivity contribution in [1.29, 1.82) is 0 Å². The van der Waals surface area contributed by atoms with E-state index in [2.05, 4.69) is 95.6 Å². The minimum Gasteiger partial charge on any atom is -0.309 e. The number of aromatic nitrogens is 2. The molecule has 2 heterocycles. The molecule has 0 saturated carbocycles. The van der Waals surface area contributed by atoms with Gasteiger partial charge < -0.3 is 9.13 Å². The van der Waals surface area contributed by atoms with Crippen LogP contribution in [0.15, 0.2) is 170 Å². The monoisotopic (exact) mass is 565 g/mol. The summed E-state index contributed by atoms with van der Waals surface area (Å²) in [6.07, 6.45) is 0. The Morgan fingerprint density at radius 3 is 1.32 bits per heavy atom. The third-order valence-corrected chi connectivity index (χ3v) is 8.63. The van der Waals surface area contributed by atoms with Crippen molar-refractivity contribution in [2.45, 2.75) is 0 Å². The molecule has 0 aliphatic heterocycles. The molecule has 0 N–H and O–H groups in total. The first-order valence-electron chi connectivity index (χ1n) is 17.2. The molecule has 0 amide bonds. The van der Waals surface area contributed by atoms with E-state index in [-0.39, 0.29) is 29.9 Å². The van der Waals surface area contributed by atoms with E-state index in [1.807, 2.05) is 53.1 Å². The highest BCUT2D eigenvalue weighted by Crippen LogP contribution is 2.42. The molecule has 0 spiro atoms. The number of hydrogen-bond acceptors (Lipinski definition) is 0. The van der Waals surface area contributed by atoms with Gasteiger partial charge in [0.1, 0.15) is 0 Å². The van der Waals surface area contributed by atoms with Crippen molar-refractivity contribution in [3.05, 3.63) is 170 Å². The lowest BCUT2D eigenvalue weighted by Crippen LogP contribution is -1.94. The van der Waals surface area contributed by atoms with Gasteiger partial charge in [-0.1, -0.05) is 121 Å². The molecule has 0 bridgehead atoms. The van der Waals surface area contributed by atoms with E-state index in [1.54, 1.807) is 0 Å². The Kier molecular flexibility index (Phi) is 4.51. The summed E-state index contributed by atoms with van der Waals surface area (Å²) in [4.78, 5) is 0. The second kappa shape index (κ2) is 9.86. The molecule has 9 rings (SSSR count). The minimum absolute atomic E-state index is 0.146. The van der Waals surface area contributed by atoms with Gasteiger partial charge in [0.15, 0.2) is 0 Å². The molecule has 2 aromatic heterocycles. The molecule has 0 aliphatic carbocycles. The number of nitrogens with zero attached hydrogens (tertiary/aromatic N) is 2. The van der Waals surface area contributed by atoms with Crippen LogP contribution in [0.1, 0.15) is 6.85 Å². The zero-order valence-corrected chi connectivity index (χ0v) is 23.7. The molecule has 0 saturated heterocycles. The van der Waals surface area contributed by atoms with Gasteiger partial charge >= 0.3 is 0 Å². The molecule has 2 heteroatoms. The number of fused-ring (bicyclic) bond motifs is 7. The topological polar surface area (TPSA) is 9.86 Å². The maximum absolute atomic E-state index is 8.80. The Labute approximate surface area is 262 Å². The molecule has 2 nitrogen and oxygen atoms in total. The SMILES string of the molecule is [2H]c1c([2H])c([2H])c(-n2c3ccccc3c3c4c5ccccc5n(-c5ccc(-c6ccc(-c7ccccc7)cc6)cc5)c4ccc32)c([2H])c1[2H]. The molecule has 206 valence electrons. The highest BCUT2D eigenvalue weighted by molar-refractivity contribution is 6.28. The first-order valence-corrected chi connectivity index (χ1v) is 14.7. The van der Waals surface area contributed by atoms with E-state index in [4.69, 9.17) is 6.85 Å². The molecule has 0 aliphatic rings. The molecule has 0 radical (unpaired) electrons. The smallest absolute Gasteiger partial charge is 0.0645 e. The van der Waals surface area contributed by atoms with E-state index in [9.17, 15) is 0 Å². The Hall–Kier alpha value is -5.86. The zero-order valence-electron chi connectivity index (χ0n) is 28.7. The van der Waals surface area contributed by atoms with E-state index >= 15 is 0 Å². The summed E-state index contributed by atoms with van der Waals surface area (Å²) in [5.41, 5.74) is 9.49. The summed E-state index contributed by atoms with van der Waals surface area (Å²) in [5, 5.41) is 4.06. The van der Waals surface area contributed by atoms with Gasteiger partial charge in [0.05, 0.1) is 28.9 Å². The predicted octanol–water partition coefficient (Wildman–Crippen LogP) is 11.2. The third kappa shape index (κ3) is 3.75. The zero-order chi connectivity index (χ0) is 33.4. The van der Waals surface area contributed by atoms with Gasteiger partial charge in [-0.25, -0.2) is 0 Å². The molecule has 0 fully saturated rings. The van der Waals surface area contributed by atoms with Crippen molar-refractivity contribution in [3.8, 4) is 33.6 Å². The molecule has 0 unspecified atom stereocenters. The van der Waals surface area contributed by atoms with Gasteiger partial charge in [0.25, 0.3) is 0 Å². The van der Waals surface area contributed by atoms with Crippen LogP contribution in [0.2, 0.25) is 0 Å². The summed E-state index contributed by atoms with van der Waals surface area (Å²) in [6.45, 7) is 0. The summed E-state index contributed by atoms with van der Waals surface area (Å²) in [7, 11) is 0. The summed E-state index contributed by atoms with van der Waals surface area (Å²) >= 11 is 0. The van der Waals surface area contributed by atoms with Crippen molar-refractivity contribution in [1.82, 2.24) is 9.13 Å². The lowest BCUT2D eigenvalue weighted by Gasteiger charge is -2.10. The van der Waals surface area contributed by atoms with E-state index in [1.165, 1.54) is 11.1 Å². The Morgan fingerprint density at radius 2 is 0.773 bits per heavy atom. The summed E-state index contributed by atoms with van der Waals surface area (Å²) in [6, 6.07) is 46.5. The molecular weight excluding hydrogens is 532 g/mol. The average Bonchev–Trinajstić information content (AvgIpc) is 3.67. The van der Waals surface area contributed by atoms with Crippen LogP contribution >= 0.6 is 0 Å². The van der Waals surface area contributed by atoms with Crippen LogP contribution in [0.3, 0.4) is 0 Å². The van der Waals surface area contributed by atoms with E-state index < -0.39 is 6.04 Å². The average molecular weight is 566 g/mol. The van der Waals surface area contributed by atoms with Gasteiger partial charge in [-0.3, -0.25) is 0 Å². The standard InChI is InChI=1S/C42H28N2/c1-3-11-29(12-4-1)30-19-21-31(22-20-30)32-23-25-34(26-24-32)44-38-18-10-8-16-36(38)42-40(44)28-27-39-41(42)35-15-7-9-17-37(35)43(39)33-13-5-2-6-14-33/h1-28H/i2D,5D,6D,13D,14D. The van der Waals surface area contributed by atoms with Gasteiger partial charge in [-0.2, -0.15) is 0 Å². The highest BCUT2D eigenvalue weighted by Gasteiger charge is 2.20. The molecule has 7 aromatic carbocycles. The highest BCUT2D eigenvalue weighted by atomic mass is 15.0. The fraction of sp³-hybridized carbons (Fsp3) is 0. The van der Waals surface area contributed by atoms with E-state index in [0.717, 1.165) is 60.4 Å². The van der Waals surface area contributed by atoms with Crippen LogP contribution in [0.4, 0.5) is 0 Å². The third-order valence-electron chi connectivity index (χ3n) is 8.63. The van der Waals surface area contributed by atoms with Crippen molar-refractivity contribution < 1.29 is 6.85 Å². The fourth-order valence-corrected chi connectivity index (χ4v) is 6.68. The number of benzene rings is 7. The van der Waals surface area contributed by atoms with Crippen LogP contribution < -0.4 is 0 Å². The first kappa shape index (κ1) is 20.1. The second-order valence-corrected chi connectivity index (χ2v) is 11.0. The van der Waals surface area contributed by atoms with E-state index in [0.29, 0.717) is 0 Å². The van der Waals surface area contributed by atoms with Crippen molar-refractivity contribution in [2.75, 3.05) is 0 Å². The lowest BCUT2D eigenvalue weighted by molar-refractivity contribution is 1.17. The van der Waals surface area contributed by atoms with Crippen LogP contribution in [0.25, 0.3) is 77.2 Å². The maximum atomic E-state index is 8.80. The molecule has 0 atom stereocenters. The van der Waals surface area contributed by atoms with Gasteiger partial charge in [-0.05, 0) is 70.7 Å². The normalized spacial score (nSPS) is 13.2. The number of rotatable bonds is 4. The van der Waals surface area contributed by atoms with Crippen LogP contribution in [0.5, 0.6) is 0 Å². The Balaban J connectivity index is 1.25. The van der Waals surface area contributed by atoms with Gasteiger partial charge in [0, 0.05) is 32.9 Å². The summed E-state index contributed by atoms with van der Waals surface area (Å²) < 4.78 is 46.6. The van der Waals surface area contributed by atoms with Crippen LogP contribution in [-0.4, -0.2) is 9.13 Å². The maximum Gasteiger partial charge on any atom is 0.0645 e. The first-order chi connectivity index (χ1) is 23.9. The number of para-hydroxylation sites is 3. The molecular formula is C42H28N2. The van der Waals surface area contributed by atoms with Crippen molar-refractivity contribution >= 4 is 43.6 Å². The Morgan fingerprint density at radius 1 is 0.341 bits per heavy atom. The summed E-state index contributed by atoms with van der Waals surface area (Å²) in [5.74, 6) is 0. The molecule has 44 heavy (non-hydrogen) atoms. The minimum atomic E-state index is -0.403. The fourth-order valence-electron chi connectivity index (χ4n) is 6.68. The van der Waals surface area contributed by atoms with Crippen LogP contribution in [0, 0.1) is 0 Å².